The van der Waals surface area contributed by atoms with Gasteiger partial charge >= 0.3 is 5.97 Å². The van der Waals surface area contributed by atoms with Gasteiger partial charge in [0.1, 0.15) is 0 Å². The molecule has 0 aromatic heterocycles. The Hall–Kier alpha value is -1.61. The average Bonchev–Trinajstić information content (AvgIpc) is 2.30. The Morgan fingerprint density at radius 3 is 2.37 bits per heavy atom. The van der Waals surface area contributed by atoms with Crippen molar-refractivity contribution in [1.29, 1.82) is 0 Å². The fourth-order valence-electron chi connectivity index (χ4n) is 1.96. The number of aliphatic carboxylic acids is 1. The van der Waals surface area contributed by atoms with Gasteiger partial charge in [0.15, 0.2) is 0 Å². The van der Waals surface area contributed by atoms with E-state index in [4.69, 9.17) is 5.11 Å². The largest absolute Gasteiger partial charge is 0.478 e. The molecule has 3 heteroatoms. The van der Waals surface area contributed by atoms with Crippen molar-refractivity contribution >= 4 is 5.97 Å². The molecule has 104 valence electrons. The summed E-state index contributed by atoms with van der Waals surface area (Å²) < 4.78 is 0. The van der Waals surface area contributed by atoms with Gasteiger partial charge in [0.2, 0.25) is 0 Å². The highest BCUT2D eigenvalue weighted by atomic mass is 16.4. The summed E-state index contributed by atoms with van der Waals surface area (Å²) in [5.74, 6) is -0.221. The molecule has 19 heavy (non-hydrogen) atoms. The lowest BCUT2D eigenvalue weighted by molar-refractivity contribution is -0.131. The molecular formula is C16H23NO2. The number of hydrogen-bond donors (Lipinski definition) is 1. The summed E-state index contributed by atoms with van der Waals surface area (Å²) in [4.78, 5) is 12.4. The lowest BCUT2D eigenvalue weighted by atomic mass is 10.0. The number of hydrogen-bond acceptors (Lipinski definition) is 2. The third kappa shape index (κ3) is 6.77. The van der Waals surface area contributed by atoms with E-state index in [2.05, 4.69) is 43.0 Å². The van der Waals surface area contributed by atoms with Crippen LogP contribution in [0, 0.1) is 5.92 Å². The molecule has 0 aliphatic carbocycles. The molecule has 0 fully saturated rings. The molecule has 3 nitrogen and oxygen atoms in total. The van der Waals surface area contributed by atoms with Crippen molar-refractivity contribution in [3.05, 3.63) is 47.5 Å². The molecule has 1 aromatic carbocycles. The molecule has 0 unspecified atom stereocenters. The van der Waals surface area contributed by atoms with Crippen molar-refractivity contribution in [2.45, 2.75) is 26.8 Å². The Bertz CT molecular complexity index is 421. The van der Waals surface area contributed by atoms with Gasteiger partial charge in [0.25, 0.3) is 0 Å². The highest BCUT2D eigenvalue weighted by molar-refractivity contribution is 5.79. The predicted octanol–water partition coefficient (Wildman–Crippen LogP) is 2.96. The van der Waals surface area contributed by atoms with Gasteiger partial charge in [-0.25, -0.2) is 4.79 Å². The van der Waals surface area contributed by atoms with E-state index in [0.717, 1.165) is 13.0 Å². The first kappa shape index (κ1) is 15.4. The molecule has 1 N–H and O–H groups in total. The van der Waals surface area contributed by atoms with Gasteiger partial charge < -0.3 is 5.11 Å². The number of likely N-dealkylation sites (N-methyl/N-ethyl adjacent to an activating group) is 1. The van der Waals surface area contributed by atoms with Gasteiger partial charge in [0.05, 0.1) is 0 Å². The van der Waals surface area contributed by atoms with Crippen molar-refractivity contribution in [3.63, 3.8) is 0 Å². The summed E-state index contributed by atoms with van der Waals surface area (Å²) in [6, 6.07) is 8.65. The van der Waals surface area contributed by atoms with Gasteiger partial charge in [0, 0.05) is 19.2 Å². The van der Waals surface area contributed by atoms with Crippen LogP contribution in [0.3, 0.4) is 0 Å². The molecule has 0 amide bonds. The standard InChI is InChI=1S/C16H23NO2/c1-13(2)11-14-6-8-15(9-7-14)12-17(3)10-4-5-16(18)19/h4-9,13H,10-12H2,1-3H3,(H,18,19)/b5-4+. The molecule has 0 aliphatic rings. The zero-order valence-electron chi connectivity index (χ0n) is 12.0. The molecule has 1 aromatic rings. The Balaban J connectivity index is 2.46. The fraction of sp³-hybridized carbons (Fsp3) is 0.438. The number of nitrogens with zero attached hydrogens (tertiary/aromatic N) is 1. The van der Waals surface area contributed by atoms with E-state index in [0.29, 0.717) is 12.5 Å². The third-order valence-corrected chi connectivity index (χ3v) is 2.80. The van der Waals surface area contributed by atoms with Gasteiger partial charge in [-0.05, 0) is 30.5 Å². The van der Waals surface area contributed by atoms with Crippen LogP contribution in [-0.4, -0.2) is 29.6 Å². The van der Waals surface area contributed by atoms with E-state index in [1.165, 1.54) is 17.2 Å². The number of carboxylic acids is 1. The van der Waals surface area contributed by atoms with E-state index in [-0.39, 0.29) is 0 Å². The highest BCUT2D eigenvalue weighted by Crippen LogP contribution is 2.11. The summed E-state index contributed by atoms with van der Waals surface area (Å²) >= 11 is 0. The maximum Gasteiger partial charge on any atom is 0.328 e. The fourth-order valence-corrected chi connectivity index (χ4v) is 1.96. The van der Waals surface area contributed by atoms with E-state index in [9.17, 15) is 4.79 Å². The van der Waals surface area contributed by atoms with Crippen LogP contribution in [0.15, 0.2) is 36.4 Å². The van der Waals surface area contributed by atoms with E-state index >= 15 is 0 Å². The molecule has 0 radical (unpaired) electrons. The summed E-state index contributed by atoms with van der Waals surface area (Å²) in [7, 11) is 1.98. The minimum atomic E-state index is -0.897. The summed E-state index contributed by atoms with van der Waals surface area (Å²) in [6.07, 6.45) is 3.95. The Morgan fingerprint density at radius 1 is 1.26 bits per heavy atom. The second kappa shape index (κ2) is 7.74. The van der Waals surface area contributed by atoms with Crippen molar-refractivity contribution in [3.8, 4) is 0 Å². The van der Waals surface area contributed by atoms with Crippen LogP contribution in [0.4, 0.5) is 0 Å². The second-order valence-corrected chi connectivity index (χ2v) is 5.35. The SMILES string of the molecule is CC(C)Cc1ccc(CN(C)C/C=C/C(=O)O)cc1. The van der Waals surface area contributed by atoms with Crippen molar-refractivity contribution < 1.29 is 9.90 Å². The van der Waals surface area contributed by atoms with E-state index in [1.807, 2.05) is 7.05 Å². The van der Waals surface area contributed by atoms with Crippen LogP contribution in [0.2, 0.25) is 0 Å². The quantitative estimate of drug-likeness (QED) is 0.767. The van der Waals surface area contributed by atoms with E-state index in [1.54, 1.807) is 6.08 Å². The minimum absolute atomic E-state index is 0.639. The van der Waals surface area contributed by atoms with Gasteiger partial charge in [-0.2, -0.15) is 0 Å². The zero-order chi connectivity index (χ0) is 14.3. The normalized spacial score (nSPS) is 11.6. The smallest absolute Gasteiger partial charge is 0.328 e. The first-order chi connectivity index (χ1) is 8.97. The molecule has 0 aliphatic heterocycles. The highest BCUT2D eigenvalue weighted by Gasteiger charge is 2.01. The van der Waals surface area contributed by atoms with Gasteiger partial charge in [-0.1, -0.05) is 44.2 Å². The second-order valence-electron chi connectivity index (χ2n) is 5.35. The maximum atomic E-state index is 10.4. The molecule has 0 saturated heterocycles. The molecule has 0 atom stereocenters. The van der Waals surface area contributed by atoms with Crippen LogP contribution in [0.1, 0.15) is 25.0 Å². The Labute approximate surface area is 115 Å². The van der Waals surface area contributed by atoms with Gasteiger partial charge in [-0.15, -0.1) is 0 Å². The summed E-state index contributed by atoms with van der Waals surface area (Å²) in [5, 5.41) is 8.51. The summed E-state index contributed by atoms with van der Waals surface area (Å²) in [5.41, 5.74) is 2.62. The molecule has 0 spiro atoms. The van der Waals surface area contributed by atoms with Gasteiger partial charge in [-0.3, -0.25) is 4.90 Å². The monoisotopic (exact) mass is 261 g/mol. The van der Waals surface area contributed by atoms with Crippen molar-refractivity contribution in [2.24, 2.45) is 5.92 Å². The van der Waals surface area contributed by atoms with Crippen LogP contribution in [0.25, 0.3) is 0 Å². The maximum absolute atomic E-state index is 10.4. The third-order valence-electron chi connectivity index (χ3n) is 2.80. The van der Waals surface area contributed by atoms with E-state index < -0.39 is 5.97 Å². The number of carboxylic acid groups (broad SMARTS) is 1. The molecule has 1 rings (SSSR count). The first-order valence-electron chi connectivity index (χ1n) is 6.63. The molecule has 0 saturated carbocycles. The molecule has 0 bridgehead atoms. The topological polar surface area (TPSA) is 40.5 Å². The Kier molecular flexibility index (Phi) is 6.30. The molecule has 0 heterocycles. The average molecular weight is 261 g/mol. The first-order valence-corrected chi connectivity index (χ1v) is 6.63. The lowest BCUT2D eigenvalue weighted by Gasteiger charge is -2.14. The zero-order valence-corrected chi connectivity index (χ0v) is 12.0. The van der Waals surface area contributed by atoms with Crippen molar-refractivity contribution in [1.82, 2.24) is 4.90 Å². The number of carbonyl (C=O) groups is 1. The van der Waals surface area contributed by atoms with Crippen LogP contribution >= 0.6 is 0 Å². The van der Waals surface area contributed by atoms with Crippen LogP contribution in [0.5, 0.6) is 0 Å². The number of rotatable bonds is 7. The van der Waals surface area contributed by atoms with Crippen molar-refractivity contribution in [2.75, 3.05) is 13.6 Å². The Morgan fingerprint density at radius 2 is 1.84 bits per heavy atom. The molecular weight excluding hydrogens is 238 g/mol. The predicted molar refractivity (Wildman–Crippen MR) is 78.1 cm³/mol. The van der Waals surface area contributed by atoms with Crippen LogP contribution in [-0.2, 0) is 17.8 Å². The number of benzene rings is 1. The summed E-state index contributed by atoms with van der Waals surface area (Å²) in [6.45, 7) is 5.90. The van der Waals surface area contributed by atoms with Crippen LogP contribution < -0.4 is 0 Å². The lowest BCUT2D eigenvalue weighted by Crippen LogP contribution is -2.17. The minimum Gasteiger partial charge on any atom is -0.478 e.